The van der Waals surface area contributed by atoms with Crippen LogP contribution in [0.3, 0.4) is 0 Å². The number of carbonyl (C=O) groups is 1. The zero-order valence-electron chi connectivity index (χ0n) is 9.38. The van der Waals surface area contributed by atoms with E-state index in [4.69, 9.17) is 5.73 Å². The quantitative estimate of drug-likeness (QED) is 0.666. The molecule has 0 radical (unpaired) electrons. The van der Waals surface area contributed by atoms with Gasteiger partial charge in [0.2, 0.25) is 0 Å². The van der Waals surface area contributed by atoms with Crippen LogP contribution in [0.25, 0.3) is 11.3 Å². The van der Waals surface area contributed by atoms with Gasteiger partial charge in [-0.3, -0.25) is 4.79 Å². The highest BCUT2D eigenvalue weighted by Gasteiger charge is 2.07. The van der Waals surface area contributed by atoms with Gasteiger partial charge in [0.15, 0.2) is 6.29 Å². The molecule has 3 nitrogen and oxygen atoms in total. The molecule has 1 heterocycles. The first kappa shape index (κ1) is 11.7. The number of pyridine rings is 1. The fourth-order valence-corrected chi connectivity index (χ4v) is 2.20. The molecule has 1 aromatic carbocycles. The second-order valence-corrected chi connectivity index (χ2v) is 4.34. The Morgan fingerprint density at radius 1 is 1.24 bits per heavy atom. The molecule has 0 amide bonds. The maximum Gasteiger partial charge on any atom is 0.153 e. The zero-order chi connectivity index (χ0) is 12.3. The Bertz CT molecular complexity index is 555. The first-order chi connectivity index (χ1) is 8.26. The topological polar surface area (TPSA) is 56.0 Å². The van der Waals surface area contributed by atoms with E-state index in [9.17, 15) is 4.79 Å². The van der Waals surface area contributed by atoms with Gasteiger partial charge in [-0.05, 0) is 24.5 Å². The van der Waals surface area contributed by atoms with Gasteiger partial charge in [-0.1, -0.05) is 18.2 Å². The number of rotatable bonds is 3. The van der Waals surface area contributed by atoms with E-state index in [1.807, 2.05) is 36.6 Å². The molecule has 0 bridgehead atoms. The van der Waals surface area contributed by atoms with E-state index >= 15 is 0 Å². The molecular formula is C13H12N2OS. The Hall–Kier alpha value is -1.81. The summed E-state index contributed by atoms with van der Waals surface area (Å²) in [5.41, 5.74) is 7.96. The minimum absolute atomic E-state index is 0.272. The number of carbonyl (C=O) groups excluding carboxylic acids is 1. The SMILES string of the molecule is CSc1ccccc1-c1ccc(C=O)c(N)n1. The third-order valence-corrected chi connectivity index (χ3v) is 3.26. The standard InChI is InChI=1S/C13H12N2OS/c1-17-12-5-3-2-4-10(12)11-7-6-9(8-16)13(14)15-11/h2-8H,1H3,(H2,14,15). The number of benzene rings is 1. The second-order valence-electron chi connectivity index (χ2n) is 3.49. The van der Waals surface area contributed by atoms with Crippen molar-refractivity contribution < 1.29 is 4.79 Å². The summed E-state index contributed by atoms with van der Waals surface area (Å²) in [5.74, 6) is 0.272. The molecule has 0 atom stereocenters. The molecular weight excluding hydrogens is 232 g/mol. The van der Waals surface area contributed by atoms with E-state index in [1.54, 1.807) is 17.8 Å². The van der Waals surface area contributed by atoms with Crippen molar-refractivity contribution in [1.29, 1.82) is 0 Å². The van der Waals surface area contributed by atoms with Crippen LogP contribution in [0, 0.1) is 0 Å². The van der Waals surface area contributed by atoms with Gasteiger partial charge in [0.25, 0.3) is 0 Å². The van der Waals surface area contributed by atoms with Crippen molar-refractivity contribution >= 4 is 23.9 Å². The molecule has 2 aromatic rings. The van der Waals surface area contributed by atoms with Crippen molar-refractivity contribution in [2.24, 2.45) is 0 Å². The lowest BCUT2D eigenvalue weighted by Crippen LogP contribution is -1.98. The fraction of sp³-hybridized carbons (Fsp3) is 0.0769. The Morgan fingerprint density at radius 3 is 2.65 bits per heavy atom. The molecule has 0 aliphatic heterocycles. The smallest absolute Gasteiger partial charge is 0.153 e. The van der Waals surface area contributed by atoms with Gasteiger partial charge in [0.1, 0.15) is 5.82 Å². The maximum absolute atomic E-state index is 10.7. The summed E-state index contributed by atoms with van der Waals surface area (Å²) in [6.07, 6.45) is 2.73. The molecule has 2 N–H and O–H groups in total. The maximum atomic E-state index is 10.7. The van der Waals surface area contributed by atoms with Crippen LogP contribution in [-0.2, 0) is 0 Å². The van der Waals surface area contributed by atoms with Crippen LogP contribution in [0.1, 0.15) is 10.4 Å². The minimum atomic E-state index is 0.272. The molecule has 0 fully saturated rings. The van der Waals surface area contributed by atoms with Gasteiger partial charge in [-0.15, -0.1) is 11.8 Å². The second kappa shape index (κ2) is 5.01. The molecule has 0 unspecified atom stereocenters. The van der Waals surface area contributed by atoms with Crippen molar-refractivity contribution in [3.8, 4) is 11.3 Å². The van der Waals surface area contributed by atoms with Crippen LogP contribution in [0.2, 0.25) is 0 Å². The Balaban J connectivity index is 2.53. The van der Waals surface area contributed by atoms with Crippen molar-refractivity contribution in [3.05, 3.63) is 42.0 Å². The number of aldehydes is 1. The van der Waals surface area contributed by atoms with Crippen LogP contribution < -0.4 is 5.73 Å². The van der Waals surface area contributed by atoms with E-state index in [2.05, 4.69) is 4.98 Å². The summed E-state index contributed by atoms with van der Waals surface area (Å²) in [6.45, 7) is 0. The van der Waals surface area contributed by atoms with Gasteiger partial charge in [0, 0.05) is 10.5 Å². The molecule has 0 spiro atoms. The summed E-state index contributed by atoms with van der Waals surface area (Å²) in [5, 5.41) is 0. The summed E-state index contributed by atoms with van der Waals surface area (Å²) < 4.78 is 0. The molecule has 0 aliphatic rings. The first-order valence-corrected chi connectivity index (χ1v) is 6.34. The van der Waals surface area contributed by atoms with Gasteiger partial charge in [0.05, 0.1) is 11.3 Å². The van der Waals surface area contributed by atoms with Crippen LogP contribution in [0.15, 0.2) is 41.3 Å². The molecule has 17 heavy (non-hydrogen) atoms. The van der Waals surface area contributed by atoms with Gasteiger partial charge < -0.3 is 5.73 Å². The Labute approximate surface area is 104 Å². The zero-order valence-corrected chi connectivity index (χ0v) is 10.2. The number of hydrogen-bond donors (Lipinski definition) is 1. The van der Waals surface area contributed by atoms with E-state index in [0.717, 1.165) is 16.2 Å². The Kier molecular flexibility index (Phi) is 3.44. The summed E-state index contributed by atoms with van der Waals surface area (Å²) in [7, 11) is 0. The van der Waals surface area contributed by atoms with E-state index in [1.165, 1.54) is 0 Å². The number of hydrogen-bond acceptors (Lipinski definition) is 4. The number of thioether (sulfide) groups is 1. The molecule has 86 valence electrons. The van der Waals surface area contributed by atoms with Crippen molar-refractivity contribution in [1.82, 2.24) is 4.98 Å². The molecule has 4 heteroatoms. The lowest BCUT2D eigenvalue weighted by Gasteiger charge is -2.07. The van der Waals surface area contributed by atoms with Crippen LogP contribution in [-0.4, -0.2) is 17.5 Å². The lowest BCUT2D eigenvalue weighted by atomic mass is 10.1. The summed E-state index contributed by atoms with van der Waals surface area (Å²) in [4.78, 5) is 16.1. The third kappa shape index (κ3) is 2.31. The van der Waals surface area contributed by atoms with Crippen molar-refractivity contribution in [2.75, 3.05) is 12.0 Å². The van der Waals surface area contributed by atoms with Crippen LogP contribution in [0.4, 0.5) is 5.82 Å². The average Bonchev–Trinajstić information content (AvgIpc) is 2.38. The number of nitrogens with zero attached hydrogens (tertiary/aromatic N) is 1. The molecule has 1 aromatic heterocycles. The minimum Gasteiger partial charge on any atom is -0.383 e. The lowest BCUT2D eigenvalue weighted by molar-refractivity contribution is 0.112. The molecule has 2 rings (SSSR count). The van der Waals surface area contributed by atoms with Crippen LogP contribution >= 0.6 is 11.8 Å². The number of nitrogen functional groups attached to an aromatic ring is 1. The third-order valence-electron chi connectivity index (χ3n) is 2.47. The predicted octanol–water partition coefficient (Wildman–Crippen LogP) is 2.87. The van der Waals surface area contributed by atoms with Gasteiger partial charge >= 0.3 is 0 Å². The van der Waals surface area contributed by atoms with E-state index < -0.39 is 0 Å². The van der Waals surface area contributed by atoms with Crippen molar-refractivity contribution in [3.63, 3.8) is 0 Å². The highest BCUT2D eigenvalue weighted by molar-refractivity contribution is 7.98. The summed E-state index contributed by atoms with van der Waals surface area (Å²) >= 11 is 1.66. The van der Waals surface area contributed by atoms with Crippen LogP contribution in [0.5, 0.6) is 0 Å². The van der Waals surface area contributed by atoms with Crippen molar-refractivity contribution in [2.45, 2.75) is 4.90 Å². The fourth-order valence-electron chi connectivity index (χ4n) is 1.59. The van der Waals surface area contributed by atoms with Gasteiger partial charge in [-0.2, -0.15) is 0 Å². The average molecular weight is 244 g/mol. The largest absolute Gasteiger partial charge is 0.383 e. The normalized spacial score (nSPS) is 10.2. The monoisotopic (exact) mass is 244 g/mol. The highest BCUT2D eigenvalue weighted by Crippen LogP contribution is 2.29. The van der Waals surface area contributed by atoms with E-state index in [-0.39, 0.29) is 5.82 Å². The molecule has 0 saturated heterocycles. The summed E-state index contributed by atoms with van der Waals surface area (Å²) in [6, 6.07) is 11.5. The number of anilines is 1. The molecule has 0 saturated carbocycles. The first-order valence-electron chi connectivity index (χ1n) is 5.11. The van der Waals surface area contributed by atoms with Gasteiger partial charge in [-0.25, -0.2) is 4.98 Å². The molecule has 0 aliphatic carbocycles. The Morgan fingerprint density at radius 2 is 2.00 bits per heavy atom. The predicted molar refractivity (Wildman–Crippen MR) is 71.3 cm³/mol. The van der Waals surface area contributed by atoms with E-state index in [0.29, 0.717) is 11.8 Å². The number of nitrogens with two attached hydrogens (primary N) is 1. The number of aromatic nitrogens is 1. The highest BCUT2D eigenvalue weighted by atomic mass is 32.2.